The Morgan fingerprint density at radius 2 is 1.86 bits per heavy atom. The highest BCUT2D eigenvalue weighted by Gasteiger charge is 2.25. The van der Waals surface area contributed by atoms with E-state index in [0.717, 1.165) is 11.7 Å². The lowest BCUT2D eigenvalue weighted by Crippen LogP contribution is -2.17. The van der Waals surface area contributed by atoms with Gasteiger partial charge in [-0.3, -0.25) is 0 Å². The van der Waals surface area contributed by atoms with Crippen molar-refractivity contribution in [2.75, 3.05) is 0 Å². The van der Waals surface area contributed by atoms with Gasteiger partial charge in [-0.05, 0) is 53.6 Å². The summed E-state index contributed by atoms with van der Waals surface area (Å²) in [6.45, 7) is 2.36. The predicted molar refractivity (Wildman–Crippen MR) is 89.9 cm³/mol. The van der Waals surface area contributed by atoms with Crippen molar-refractivity contribution in [3.05, 3.63) is 83.6 Å². The lowest BCUT2D eigenvalue weighted by molar-refractivity contribution is 0.464. The second-order valence-corrected chi connectivity index (χ2v) is 6.40. The Bertz CT molecular complexity index is 770. The van der Waals surface area contributed by atoms with E-state index in [1.807, 2.05) is 12.1 Å². The number of hydrogen-bond acceptors (Lipinski definition) is 1. The number of fused-ring (bicyclic) bond motifs is 1. The van der Waals surface area contributed by atoms with Crippen LogP contribution in [-0.4, -0.2) is 0 Å². The average molecular weight is 288 g/mol. The molecule has 0 bridgehead atoms. The fourth-order valence-corrected chi connectivity index (χ4v) is 3.72. The van der Waals surface area contributed by atoms with Gasteiger partial charge in [-0.2, -0.15) is 0 Å². The molecule has 1 aliphatic rings. The number of rotatable bonds is 2. The molecule has 0 saturated carbocycles. The van der Waals surface area contributed by atoms with Crippen molar-refractivity contribution in [2.45, 2.75) is 25.7 Å². The zero-order valence-corrected chi connectivity index (χ0v) is 12.8. The molecule has 1 nitrogen and oxygen atoms in total. The molecule has 3 aromatic rings. The largest absolute Gasteiger partial charge is 0.464 e. The van der Waals surface area contributed by atoms with Crippen LogP contribution in [0.2, 0.25) is 0 Å². The monoisotopic (exact) mass is 288 g/mol. The fraction of sp³-hybridized carbons (Fsp3) is 0.238. The van der Waals surface area contributed by atoms with Crippen molar-refractivity contribution < 1.29 is 4.42 Å². The Balaban J connectivity index is 1.78. The minimum Gasteiger partial charge on any atom is -0.464 e. The van der Waals surface area contributed by atoms with E-state index in [1.165, 1.54) is 35.1 Å². The maximum Gasteiger partial charge on any atom is 0.133 e. The maximum atomic E-state index is 5.55. The molecular formula is C21H20O. The van der Waals surface area contributed by atoms with Crippen LogP contribution < -0.4 is 0 Å². The van der Waals surface area contributed by atoms with Gasteiger partial charge in [0.25, 0.3) is 0 Å². The Labute approximate surface area is 131 Å². The number of furan rings is 1. The van der Waals surface area contributed by atoms with Crippen LogP contribution in [0, 0.1) is 5.92 Å². The van der Waals surface area contributed by atoms with Crippen molar-refractivity contribution in [3.63, 3.8) is 0 Å². The summed E-state index contributed by atoms with van der Waals surface area (Å²) in [5.41, 5.74) is 5.57. The molecule has 1 unspecified atom stereocenters. The lowest BCUT2D eigenvalue weighted by atomic mass is 9.74. The predicted octanol–water partition coefficient (Wildman–Crippen LogP) is 5.66. The van der Waals surface area contributed by atoms with Gasteiger partial charge in [0.1, 0.15) is 5.76 Å². The Kier molecular flexibility index (Phi) is 3.34. The number of hydrogen-bond donors (Lipinski definition) is 0. The van der Waals surface area contributed by atoms with Crippen LogP contribution in [0.3, 0.4) is 0 Å². The quantitative estimate of drug-likeness (QED) is 0.593. The van der Waals surface area contributed by atoms with Crippen LogP contribution in [0.4, 0.5) is 0 Å². The molecule has 1 aromatic heterocycles. The second kappa shape index (κ2) is 5.49. The highest BCUT2D eigenvalue weighted by Crippen LogP contribution is 2.40. The molecule has 0 fully saturated rings. The van der Waals surface area contributed by atoms with Gasteiger partial charge in [0, 0.05) is 11.5 Å². The first-order valence-corrected chi connectivity index (χ1v) is 8.03. The third-order valence-electron chi connectivity index (χ3n) is 4.73. The van der Waals surface area contributed by atoms with Crippen LogP contribution >= 0.6 is 0 Å². The van der Waals surface area contributed by atoms with Crippen LogP contribution in [0.25, 0.3) is 11.3 Å². The summed E-state index contributed by atoms with van der Waals surface area (Å²) < 4.78 is 5.55. The summed E-state index contributed by atoms with van der Waals surface area (Å²) >= 11 is 0. The SMILES string of the molecule is C[C@@H]1Cc2ccccc2C(c2cccc(-c3ccco3)c2)C1. The zero-order chi connectivity index (χ0) is 14.9. The molecule has 4 rings (SSSR count). The van der Waals surface area contributed by atoms with E-state index in [0.29, 0.717) is 5.92 Å². The third-order valence-corrected chi connectivity index (χ3v) is 4.73. The lowest BCUT2D eigenvalue weighted by Gasteiger charge is -2.30. The van der Waals surface area contributed by atoms with E-state index in [4.69, 9.17) is 4.42 Å². The third kappa shape index (κ3) is 2.37. The van der Waals surface area contributed by atoms with E-state index < -0.39 is 0 Å². The zero-order valence-electron chi connectivity index (χ0n) is 12.8. The highest BCUT2D eigenvalue weighted by atomic mass is 16.3. The molecule has 1 aliphatic carbocycles. The summed E-state index contributed by atoms with van der Waals surface area (Å²) in [7, 11) is 0. The molecule has 2 atom stereocenters. The normalized spacial score (nSPS) is 20.6. The van der Waals surface area contributed by atoms with Gasteiger partial charge in [0.15, 0.2) is 0 Å². The van der Waals surface area contributed by atoms with Crippen molar-refractivity contribution >= 4 is 0 Å². The van der Waals surface area contributed by atoms with Crippen LogP contribution in [0.1, 0.15) is 36.0 Å². The maximum absolute atomic E-state index is 5.55. The second-order valence-electron chi connectivity index (χ2n) is 6.40. The molecule has 1 heterocycles. The van der Waals surface area contributed by atoms with Crippen LogP contribution in [0.15, 0.2) is 71.3 Å². The van der Waals surface area contributed by atoms with Gasteiger partial charge in [0.05, 0.1) is 6.26 Å². The summed E-state index contributed by atoms with van der Waals surface area (Å²) in [6, 6.07) is 21.7. The average Bonchev–Trinajstić information content (AvgIpc) is 3.09. The molecule has 0 aliphatic heterocycles. The number of benzene rings is 2. The standard InChI is InChI=1S/C21H20O/c1-15-12-16-6-2-3-9-19(16)20(13-15)17-7-4-8-18(14-17)21-10-5-11-22-21/h2-11,14-15,20H,12-13H2,1H3/t15-,20?/m1/s1. The summed E-state index contributed by atoms with van der Waals surface area (Å²) in [4.78, 5) is 0. The topological polar surface area (TPSA) is 13.1 Å². The summed E-state index contributed by atoms with van der Waals surface area (Å²) in [6.07, 6.45) is 4.16. The molecule has 0 saturated heterocycles. The first-order valence-electron chi connectivity index (χ1n) is 8.03. The van der Waals surface area contributed by atoms with Crippen molar-refractivity contribution in [3.8, 4) is 11.3 Å². The smallest absolute Gasteiger partial charge is 0.133 e. The van der Waals surface area contributed by atoms with Crippen molar-refractivity contribution in [1.29, 1.82) is 0 Å². The van der Waals surface area contributed by atoms with Gasteiger partial charge < -0.3 is 4.42 Å². The molecule has 0 N–H and O–H groups in total. The van der Waals surface area contributed by atoms with Crippen LogP contribution in [0.5, 0.6) is 0 Å². The van der Waals surface area contributed by atoms with Gasteiger partial charge in [0.2, 0.25) is 0 Å². The molecule has 0 radical (unpaired) electrons. The first kappa shape index (κ1) is 13.4. The fourth-order valence-electron chi connectivity index (χ4n) is 3.72. The van der Waals surface area contributed by atoms with Gasteiger partial charge >= 0.3 is 0 Å². The minimum absolute atomic E-state index is 0.495. The summed E-state index contributed by atoms with van der Waals surface area (Å²) in [5.74, 6) is 2.17. The van der Waals surface area contributed by atoms with Gasteiger partial charge in [-0.25, -0.2) is 0 Å². The molecule has 0 amide bonds. The van der Waals surface area contributed by atoms with E-state index in [1.54, 1.807) is 6.26 Å². The molecule has 2 aromatic carbocycles. The highest BCUT2D eigenvalue weighted by molar-refractivity contribution is 5.59. The van der Waals surface area contributed by atoms with Gasteiger partial charge in [-0.1, -0.05) is 49.4 Å². The molecular weight excluding hydrogens is 268 g/mol. The summed E-state index contributed by atoms with van der Waals surface area (Å²) in [5, 5.41) is 0. The Morgan fingerprint density at radius 3 is 2.73 bits per heavy atom. The molecule has 1 heteroatoms. The van der Waals surface area contributed by atoms with Crippen molar-refractivity contribution in [2.24, 2.45) is 5.92 Å². The van der Waals surface area contributed by atoms with Crippen LogP contribution in [-0.2, 0) is 6.42 Å². The molecule has 0 spiro atoms. The van der Waals surface area contributed by atoms with Gasteiger partial charge in [-0.15, -0.1) is 0 Å². The Morgan fingerprint density at radius 1 is 0.955 bits per heavy atom. The van der Waals surface area contributed by atoms with E-state index in [-0.39, 0.29) is 0 Å². The van der Waals surface area contributed by atoms with E-state index in [9.17, 15) is 0 Å². The first-order chi connectivity index (χ1) is 10.8. The van der Waals surface area contributed by atoms with E-state index >= 15 is 0 Å². The van der Waals surface area contributed by atoms with Crippen molar-refractivity contribution in [1.82, 2.24) is 0 Å². The molecule has 22 heavy (non-hydrogen) atoms. The van der Waals surface area contributed by atoms with E-state index in [2.05, 4.69) is 55.5 Å². The molecule has 110 valence electrons. The minimum atomic E-state index is 0.495. The Hall–Kier alpha value is -2.28.